The lowest BCUT2D eigenvalue weighted by molar-refractivity contribution is -0.262. The van der Waals surface area contributed by atoms with E-state index in [1.54, 1.807) is 0 Å². The van der Waals surface area contributed by atoms with Crippen molar-refractivity contribution in [3.8, 4) is 0 Å². The highest BCUT2D eigenvalue weighted by atomic mass is 16.7. The van der Waals surface area contributed by atoms with E-state index in [0.717, 1.165) is 20.8 Å². The van der Waals surface area contributed by atoms with Crippen LogP contribution in [-0.2, 0) is 38.1 Å². The molecule has 1 rings (SSSR count). The van der Waals surface area contributed by atoms with Crippen molar-refractivity contribution in [2.75, 3.05) is 6.54 Å². The van der Waals surface area contributed by atoms with E-state index < -0.39 is 54.5 Å². The Morgan fingerprint density at radius 1 is 1.00 bits per heavy atom. The average molecular weight is 372 g/mol. The van der Waals surface area contributed by atoms with Crippen LogP contribution in [0.1, 0.15) is 27.7 Å². The van der Waals surface area contributed by atoms with Crippen LogP contribution in [0.3, 0.4) is 0 Å². The highest BCUT2D eigenvalue weighted by molar-refractivity contribution is 5.74. The van der Waals surface area contributed by atoms with Gasteiger partial charge in [-0.15, -0.1) is 0 Å². The van der Waals surface area contributed by atoms with Gasteiger partial charge < -0.3 is 24.3 Å². The van der Waals surface area contributed by atoms with Crippen molar-refractivity contribution in [2.24, 2.45) is 5.11 Å². The average Bonchev–Trinajstić information content (AvgIpc) is 2.49. The van der Waals surface area contributed by atoms with Crippen molar-refractivity contribution in [1.82, 2.24) is 5.32 Å². The van der Waals surface area contributed by atoms with E-state index in [2.05, 4.69) is 15.3 Å². The molecule has 0 aromatic carbocycles. The van der Waals surface area contributed by atoms with Crippen molar-refractivity contribution in [3.63, 3.8) is 0 Å². The van der Waals surface area contributed by atoms with Crippen LogP contribution in [-0.4, -0.2) is 61.0 Å². The Hall–Kier alpha value is -2.85. The highest BCUT2D eigenvalue weighted by Crippen LogP contribution is 2.28. The molecule has 0 aliphatic carbocycles. The monoisotopic (exact) mass is 372 g/mol. The molecule has 0 spiro atoms. The summed E-state index contributed by atoms with van der Waals surface area (Å²) in [5, 5.41) is 5.82. The Labute approximate surface area is 148 Å². The quantitative estimate of drug-likeness (QED) is 0.223. The fourth-order valence-electron chi connectivity index (χ4n) is 2.49. The summed E-state index contributed by atoms with van der Waals surface area (Å²) in [6, 6.07) is -1.15. The van der Waals surface area contributed by atoms with Gasteiger partial charge in [-0.25, -0.2) is 0 Å². The molecule has 0 saturated carbocycles. The summed E-state index contributed by atoms with van der Waals surface area (Å²) in [5.41, 5.74) is 8.53. The lowest BCUT2D eigenvalue weighted by Gasteiger charge is -2.44. The number of esters is 3. The molecule has 0 aromatic heterocycles. The van der Waals surface area contributed by atoms with E-state index in [9.17, 15) is 19.2 Å². The molecule has 1 unspecified atom stereocenters. The number of nitrogens with zero attached hydrogens (tertiary/aromatic N) is 3. The van der Waals surface area contributed by atoms with Crippen LogP contribution in [0.2, 0.25) is 0 Å². The van der Waals surface area contributed by atoms with Gasteiger partial charge in [-0.05, 0) is 5.53 Å². The molecule has 26 heavy (non-hydrogen) atoms. The van der Waals surface area contributed by atoms with E-state index in [0.29, 0.717) is 0 Å². The second-order valence-corrected chi connectivity index (χ2v) is 5.44. The zero-order valence-electron chi connectivity index (χ0n) is 14.7. The van der Waals surface area contributed by atoms with Gasteiger partial charge in [0, 0.05) is 32.6 Å². The SMILES string of the molecule is CC(=O)N[C@H]1C(OC(C)=O)O[C@H](CN=[N+]=[N-])[C@H](OC(C)=O)[C@@H]1OC(C)=O. The molecule has 1 aliphatic rings. The Bertz CT molecular complexity index is 588. The van der Waals surface area contributed by atoms with Gasteiger partial charge in [-0.1, -0.05) is 5.11 Å². The Kier molecular flexibility index (Phi) is 7.81. The van der Waals surface area contributed by atoms with Gasteiger partial charge in [0.05, 0.1) is 6.54 Å². The molecule has 1 saturated heterocycles. The number of nitrogens with one attached hydrogen (secondary N) is 1. The van der Waals surface area contributed by atoms with E-state index >= 15 is 0 Å². The number of carbonyl (C=O) groups is 4. The molecule has 1 heterocycles. The first-order valence-electron chi connectivity index (χ1n) is 7.60. The predicted octanol–water partition coefficient (Wildman–Crippen LogP) is -0.0472. The van der Waals surface area contributed by atoms with Crippen LogP contribution in [0.4, 0.5) is 0 Å². The van der Waals surface area contributed by atoms with Crippen molar-refractivity contribution < 1.29 is 38.1 Å². The Morgan fingerprint density at radius 2 is 1.54 bits per heavy atom. The first-order valence-corrected chi connectivity index (χ1v) is 7.60. The van der Waals surface area contributed by atoms with Crippen LogP contribution in [0.25, 0.3) is 10.4 Å². The normalized spacial score (nSPS) is 27.5. The number of amides is 1. The summed E-state index contributed by atoms with van der Waals surface area (Å²) in [6.07, 6.45) is -4.87. The van der Waals surface area contributed by atoms with Crippen LogP contribution in [0.5, 0.6) is 0 Å². The second-order valence-electron chi connectivity index (χ2n) is 5.44. The number of hydrogen-bond donors (Lipinski definition) is 1. The van der Waals surface area contributed by atoms with Crippen molar-refractivity contribution in [3.05, 3.63) is 10.4 Å². The Morgan fingerprint density at radius 3 is 2.00 bits per heavy atom. The standard InChI is InChI=1S/C14H20N4O8/c1-6(19)17-11-13(24-8(3)21)12(23-7(2)20)10(5-16-18-15)26-14(11)25-9(4)22/h10-14H,5H2,1-4H3,(H,17,19)/t10-,11-,12+,13-,14?/m1/s1. The van der Waals surface area contributed by atoms with E-state index in [1.807, 2.05) is 0 Å². The minimum absolute atomic E-state index is 0.295. The maximum atomic E-state index is 11.5. The van der Waals surface area contributed by atoms with Crippen molar-refractivity contribution >= 4 is 23.8 Å². The summed E-state index contributed by atoms with van der Waals surface area (Å²) in [4.78, 5) is 48.5. The third-order valence-electron chi connectivity index (χ3n) is 3.23. The summed E-state index contributed by atoms with van der Waals surface area (Å²) in [5.74, 6) is -2.69. The van der Waals surface area contributed by atoms with Gasteiger partial charge in [-0.2, -0.15) is 0 Å². The molecule has 12 heteroatoms. The van der Waals surface area contributed by atoms with Gasteiger partial charge in [0.1, 0.15) is 12.1 Å². The van der Waals surface area contributed by atoms with Gasteiger partial charge in [0.25, 0.3) is 0 Å². The second kappa shape index (κ2) is 9.59. The fourth-order valence-corrected chi connectivity index (χ4v) is 2.49. The number of ether oxygens (including phenoxy) is 4. The molecule has 0 bridgehead atoms. The molecule has 1 amide bonds. The number of carbonyl (C=O) groups excluding carboxylic acids is 4. The number of hydrogen-bond acceptors (Lipinski definition) is 9. The molecule has 12 nitrogen and oxygen atoms in total. The van der Waals surface area contributed by atoms with Crippen LogP contribution in [0, 0.1) is 0 Å². The van der Waals surface area contributed by atoms with Crippen LogP contribution < -0.4 is 5.32 Å². The maximum Gasteiger partial charge on any atom is 0.305 e. The van der Waals surface area contributed by atoms with Crippen LogP contribution in [0.15, 0.2) is 5.11 Å². The summed E-state index contributed by atoms with van der Waals surface area (Å²) in [7, 11) is 0. The smallest absolute Gasteiger partial charge is 0.305 e. The van der Waals surface area contributed by atoms with E-state index in [-0.39, 0.29) is 6.54 Å². The van der Waals surface area contributed by atoms with E-state index in [4.69, 9.17) is 24.5 Å². The molecule has 5 atom stereocenters. The first-order chi connectivity index (χ1) is 12.1. The number of rotatable bonds is 6. The molecular formula is C14H20N4O8. The summed E-state index contributed by atoms with van der Waals surface area (Å²) in [6.45, 7) is 4.27. The molecule has 0 radical (unpaired) electrons. The zero-order chi connectivity index (χ0) is 19.9. The third kappa shape index (κ3) is 6.22. The first kappa shape index (κ1) is 21.2. The van der Waals surface area contributed by atoms with Crippen molar-refractivity contribution in [2.45, 2.75) is 58.3 Å². The topological polar surface area (TPSA) is 166 Å². The lowest BCUT2D eigenvalue weighted by atomic mass is 9.95. The van der Waals surface area contributed by atoms with Gasteiger partial charge in [-0.3, -0.25) is 19.2 Å². The minimum atomic E-state index is -1.36. The molecule has 1 aliphatic heterocycles. The molecule has 1 fully saturated rings. The third-order valence-corrected chi connectivity index (χ3v) is 3.23. The zero-order valence-corrected chi connectivity index (χ0v) is 14.7. The van der Waals surface area contributed by atoms with Gasteiger partial charge in [0.2, 0.25) is 12.2 Å². The molecule has 144 valence electrons. The molecule has 1 N–H and O–H groups in total. The lowest BCUT2D eigenvalue weighted by Crippen LogP contribution is -2.66. The minimum Gasteiger partial charge on any atom is -0.456 e. The highest BCUT2D eigenvalue weighted by Gasteiger charge is 2.51. The Balaban J connectivity index is 3.32. The summed E-state index contributed by atoms with van der Waals surface area (Å²) < 4.78 is 21.0. The number of azide groups is 1. The predicted molar refractivity (Wildman–Crippen MR) is 83.2 cm³/mol. The largest absolute Gasteiger partial charge is 0.456 e. The molecule has 0 aromatic rings. The van der Waals surface area contributed by atoms with Crippen molar-refractivity contribution in [1.29, 1.82) is 0 Å². The van der Waals surface area contributed by atoms with Gasteiger partial charge >= 0.3 is 17.9 Å². The fraction of sp³-hybridized carbons (Fsp3) is 0.714. The van der Waals surface area contributed by atoms with E-state index in [1.165, 1.54) is 6.92 Å². The molecular weight excluding hydrogens is 352 g/mol. The maximum absolute atomic E-state index is 11.5. The summed E-state index contributed by atoms with van der Waals surface area (Å²) >= 11 is 0. The van der Waals surface area contributed by atoms with Crippen LogP contribution >= 0.6 is 0 Å². The van der Waals surface area contributed by atoms with Gasteiger partial charge in [0.15, 0.2) is 12.2 Å².